The van der Waals surface area contributed by atoms with Crippen LogP contribution in [0.3, 0.4) is 0 Å². The Balaban J connectivity index is 1.95. The van der Waals surface area contributed by atoms with Crippen LogP contribution in [0, 0.1) is 0 Å². The van der Waals surface area contributed by atoms with Crippen LogP contribution in [-0.2, 0) is 23.1 Å². The molecule has 2 aromatic heterocycles. The Kier molecular flexibility index (Phi) is 5.36. The Labute approximate surface area is 123 Å². The highest BCUT2D eigenvalue weighted by atomic mass is 32.2. The molecule has 0 fully saturated rings. The predicted octanol–water partition coefficient (Wildman–Crippen LogP) is 2.05. The molecular formula is C13H19N3O2S2. The van der Waals surface area contributed by atoms with Crippen LogP contribution in [0.5, 0.6) is 0 Å². The van der Waals surface area contributed by atoms with Crippen molar-refractivity contribution in [2.45, 2.75) is 31.3 Å². The maximum Gasteiger partial charge on any atom is 0.242 e. The van der Waals surface area contributed by atoms with Crippen LogP contribution >= 0.6 is 11.3 Å². The molecule has 0 unspecified atom stereocenters. The van der Waals surface area contributed by atoms with Crippen LogP contribution in [0.15, 0.2) is 34.7 Å². The maximum atomic E-state index is 12.1. The number of nitrogens with one attached hydrogen (secondary N) is 3. The molecule has 110 valence electrons. The number of thiophene rings is 1. The molecule has 7 heteroatoms. The molecule has 2 heterocycles. The molecule has 2 aromatic rings. The zero-order chi connectivity index (χ0) is 14.4. The summed E-state index contributed by atoms with van der Waals surface area (Å²) in [6, 6.07) is 5.48. The molecule has 0 atom stereocenters. The summed E-state index contributed by atoms with van der Waals surface area (Å²) in [6.07, 6.45) is 2.58. The second-order valence-corrected chi connectivity index (χ2v) is 7.24. The van der Waals surface area contributed by atoms with Crippen LogP contribution in [0.25, 0.3) is 0 Å². The van der Waals surface area contributed by atoms with Gasteiger partial charge in [-0.15, -0.1) is 11.3 Å². The van der Waals surface area contributed by atoms with Gasteiger partial charge in [0.05, 0.1) is 4.90 Å². The highest BCUT2D eigenvalue weighted by Gasteiger charge is 2.15. The molecule has 5 nitrogen and oxygen atoms in total. The number of H-pyrrole nitrogens is 1. The summed E-state index contributed by atoms with van der Waals surface area (Å²) in [6.45, 7) is 3.98. The van der Waals surface area contributed by atoms with E-state index in [1.54, 1.807) is 6.07 Å². The van der Waals surface area contributed by atoms with Gasteiger partial charge >= 0.3 is 0 Å². The molecule has 0 aliphatic carbocycles. The zero-order valence-corrected chi connectivity index (χ0v) is 13.0. The van der Waals surface area contributed by atoms with Crippen molar-refractivity contribution >= 4 is 21.4 Å². The van der Waals surface area contributed by atoms with Gasteiger partial charge in [0.2, 0.25) is 10.0 Å². The average Bonchev–Trinajstić information content (AvgIpc) is 3.08. The van der Waals surface area contributed by atoms with Gasteiger partial charge in [-0.1, -0.05) is 13.0 Å². The smallest absolute Gasteiger partial charge is 0.242 e. The van der Waals surface area contributed by atoms with Crippen molar-refractivity contribution in [2.24, 2.45) is 0 Å². The molecule has 0 saturated heterocycles. The fraction of sp³-hybridized carbons (Fsp3) is 0.385. The Morgan fingerprint density at radius 3 is 2.90 bits per heavy atom. The third-order valence-corrected chi connectivity index (χ3v) is 5.04. The topological polar surface area (TPSA) is 74.0 Å². The average molecular weight is 313 g/mol. The molecule has 0 bridgehead atoms. The van der Waals surface area contributed by atoms with E-state index < -0.39 is 10.0 Å². The zero-order valence-electron chi connectivity index (χ0n) is 11.3. The third-order valence-electron chi connectivity index (χ3n) is 2.79. The fourth-order valence-electron chi connectivity index (χ4n) is 1.74. The summed E-state index contributed by atoms with van der Waals surface area (Å²) in [5, 5.41) is 5.15. The Bertz CT molecular complexity index is 618. The molecule has 3 N–H and O–H groups in total. The van der Waals surface area contributed by atoms with E-state index in [2.05, 4.69) is 21.9 Å². The lowest BCUT2D eigenvalue weighted by Crippen LogP contribution is -2.22. The van der Waals surface area contributed by atoms with Crippen molar-refractivity contribution in [1.82, 2.24) is 15.0 Å². The number of aromatic amines is 1. The Morgan fingerprint density at radius 2 is 2.20 bits per heavy atom. The minimum atomic E-state index is -3.45. The van der Waals surface area contributed by atoms with Crippen molar-refractivity contribution in [3.8, 4) is 0 Å². The van der Waals surface area contributed by atoms with E-state index in [1.165, 1.54) is 17.5 Å². The summed E-state index contributed by atoms with van der Waals surface area (Å²) in [5.41, 5.74) is 0.870. The number of aromatic nitrogens is 1. The first kappa shape index (κ1) is 15.2. The van der Waals surface area contributed by atoms with Crippen LogP contribution in [0.1, 0.15) is 23.9 Å². The monoisotopic (exact) mass is 313 g/mol. The van der Waals surface area contributed by atoms with Gasteiger partial charge in [0.15, 0.2) is 0 Å². The minimum Gasteiger partial charge on any atom is -0.363 e. The fourth-order valence-corrected chi connectivity index (χ4v) is 3.50. The predicted molar refractivity (Wildman–Crippen MR) is 81.1 cm³/mol. The summed E-state index contributed by atoms with van der Waals surface area (Å²) in [4.78, 5) is 4.26. The molecular weight excluding hydrogens is 294 g/mol. The molecule has 0 aromatic carbocycles. The molecule has 20 heavy (non-hydrogen) atoms. The summed E-state index contributed by atoms with van der Waals surface area (Å²) in [5.74, 6) is 0. The van der Waals surface area contributed by atoms with E-state index in [9.17, 15) is 8.42 Å². The molecule has 0 aliphatic heterocycles. The normalized spacial score (nSPS) is 11.8. The lowest BCUT2D eigenvalue weighted by atomic mass is 10.4. The van der Waals surface area contributed by atoms with Gasteiger partial charge in [-0.2, -0.15) is 0 Å². The SMILES string of the molecule is CCCNCc1cc(S(=O)(=O)NCc2cccs2)c[nH]1. The van der Waals surface area contributed by atoms with Crippen LogP contribution in [-0.4, -0.2) is 19.9 Å². The largest absolute Gasteiger partial charge is 0.363 e. The summed E-state index contributed by atoms with van der Waals surface area (Å²) in [7, 11) is -3.45. The van der Waals surface area contributed by atoms with Crippen LogP contribution in [0.2, 0.25) is 0 Å². The van der Waals surface area contributed by atoms with Gasteiger partial charge in [-0.3, -0.25) is 0 Å². The number of rotatable bonds is 8. The highest BCUT2D eigenvalue weighted by Crippen LogP contribution is 2.13. The van der Waals surface area contributed by atoms with Gasteiger partial charge < -0.3 is 10.3 Å². The first-order valence-corrected chi connectivity index (χ1v) is 8.88. The standard InChI is InChI=1S/C13H19N3O2S2/c1-2-5-14-8-11-7-13(10-15-11)20(17,18)16-9-12-4-3-6-19-12/h3-4,6-7,10,14-16H,2,5,8-9H2,1H3. The minimum absolute atomic E-state index is 0.280. The van der Waals surface area contributed by atoms with Gasteiger partial charge in [-0.05, 0) is 30.5 Å². The van der Waals surface area contributed by atoms with Gasteiger partial charge in [0, 0.05) is 29.9 Å². The van der Waals surface area contributed by atoms with E-state index in [-0.39, 0.29) is 4.90 Å². The first-order chi connectivity index (χ1) is 9.62. The van der Waals surface area contributed by atoms with Crippen molar-refractivity contribution in [2.75, 3.05) is 6.54 Å². The van der Waals surface area contributed by atoms with E-state index >= 15 is 0 Å². The molecule has 0 radical (unpaired) electrons. The molecule has 0 aliphatic rings. The van der Waals surface area contributed by atoms with Gasteiger partial charge in [-0.25, -0.2) is 13.1 Å². The third kappa shape index (κ3) is 4.17. The van der Waals surface area contributed by atoms with Gasteiger partial charge in [0.25, 0.3) is 0 Å². The van der Waals surface area contributed by atoms with E-state index in [0.717, 1.165) is 23.5 Å². The summed E-state index contributed by atoms with van der Waals surface area (Å²) >= 11 is 1.53. The number of hydrogen-bond donors (Lipinski definition) is 3. The van der Waals surface area contributed by atoms with Crippen LogP contribution in [0.4, 0.5) is 0 Å². The molecule has 0 saturated carbocycles. The summed E-state index contributed by atoms with van der Waals surface area (Å²) < 4.78 is 26.8. The van der Waals surface area contributed by atoms with E-state index in [0.29, 0.717) is 13.1 Å². The van der Waals surface area contributed by atoms with E-state index in [4.69, 9.17) is 0 Å². The highest BCUT2D eigenvalue weighted by molar-refractivity contribution is 7.89. The van der Waals surface area contributed by atoms with Crippen molar-refractivity contribution in [3.63, 3.8) is 0 Å². The van der Waals surface area contributed by atoms with E-state index in [1.807, 2.05) is 17.5 Å². The van der Waals surface area contributed by atoms with Crippen LogP contribution < -0.4 is 10.0 Å². The lowest BCUT2D eigenvalue weighted by molar-refractivity contribution is 0.582. The Hall–Kier alpha value is -1.15. The second-order valence-electron chi connectivity index (χ2n) is 4.44. The van der Waals surface area contributed by atoms with Crippen molar-refractivity contribution in [1.29, 1.82) is 0 Å². The maximum absolute atomic E-state index is 12.1. The lowest BCUT2D eigenvalue weighted by Gasteiger charge is -2.03. The quantitative estimate of drug-likeness (QED) is 0.653. The number of hydrogen-bond acceptors (Lipinski definition) is 4. The Morgan fingerprint density at radius 1 is 1.35 bits per heavy atom. The first-order valence-electron chi connectivity index (χ1n) is 6.52. The molecule has 2 rings (SSSR count). The molecule has 0 spiro atoms. The van der Waals surface area contributed by atoms with Crippen molar-refractivity contribution in [3.05, 3.63) is 40.3 Å². The molecule has 0 amide bonds. The van der Waals surface area contributed by atoms with Gasteiger partial charge in [0.1, 0.15) is 0 Å². The second kappa shape index (κ2) is 7.03. The number of sulfonamides is 1. The van der Waals surface area contributed by atoms with Crippen molar-refractivity contribution < 1.29 is 8.42 Å².